The van der Waals surface area contributed by atoms with Crippen LogP contribution in [-0.4, -0.2) is 25.0 Å². The molecular weight excluding hydrogens is 308 g/mol. The van der Waals surface area contributed by atoms with Crippen LogP contribution in [0.3, 0.4) is 0 Å². The van der Waals surface area contributed by atoms with Crippen molar-refractivity contribution >= 4 is 17.5 Å². The van der Waals surface area contributed by atoms with Gasteiger partial charge in [0.2, 0.25) is 5.91 Å². The summed E-state index contributed by atoms with van der Waals surface area (Å²) in [4.78, 5) is 24.5. The molecule has 2 aromatic rings. The summed E-state index contributed by atoms with van der Waals surface area (Å²) >= 11 is 0. The quantitative estimate of drug-likeness (QED) is 0.819. The van der Waals surface area contributed by atoms with E-state index >= 15 is 0 Å². The summed E-state index contributed by atoms with van der Waals surface area (Å²) in [6, 6.07) is 8.90. The molecule has 1 aliphatic carbocycles. The highest BCUT2D eigenvalue weighted by Crippen LogP contribution is 2.25. The Balaban J connectivity index is 1.68. The molecule has 0 spiro atoms. The number of rotatable bonds is 7. The molecule has 24 heavy (non-hydrogen) atoms. The Morgan fingerprint density at radius 1 is 1.29 bits per heavy atom. The molecule has 0 unspecified atom stereocenters. The van der Waals surface area contributed by atoms with Gasteiger partial charge in [-0.25, -0.2) is 0 Å². The summed E-state index contributed by atoms with van der Waals surface area (Å²) < 4.78 is 10.4. The van der Waals surface area contributed by atoms with Gasteiger partial charge in [0.05, 0.1) is 24.6 Å². The normalized spacial score (nSPS) is 13.4. The zero-order chi connectivity index (χ0) is 16.9. The molecule has 1 aromatic heterocycles. The standard InChI is InChI=1S/C18H20N2O4/c1-23-14-6-8-16(15(11-14)18(22)19-12-4-5-12)20-17(21)9-7-13-3-2-10-24-13/h2-3,6,8,10-12H,4-5,7,9H2,1H3,(H,19,22)(H,20,21). The molecule has 1 fully saturated rings. The minimum Gasteiger partial charge on any atom is -0.497 e. The number of hydrogen-bond acceptors (Lipinski definition) is 4. The molecule has 0 atom stereocenters. The van der Waals surface area contributed by atoms with E-state index in [0.29, 0.717) is 23.4 Å². The lowest BCUT2D eigenvalue weighted by molar-refractivity contribution is -0.116. The topological polar surface area (TPSA) is 80.6 Å². The summed E-state index contributed by atoms with van der Waals surface area (Å²) in [5, 5.41) is 5.73. The van der Waals surface area contributed by atoms with Crippen LogP contribution in [0.15, 0.2) is 41.0 Å². The second-order valence-electron chi connectivity index (χ2n) is 5.79. The number of amides is 2. The smallest absolute Gasteiger partial charge is 0.253 e. The maximum Gasteiger partial charge on any atom is 0.253 e. The van der Waals surface area contributed by atoms with Crippen molar-refractivity contribution in [2.75, 3.05) is 12.4 Å². The highest BCUT2D eigenvalue weighted by atomic mass is 16.5. The lowest BCUT2D eigenvalue weighted by Crippen LogP contribution is -2.27. The van der Waals surface area contributed by atoms with Crippen LogP contribution in [0, 0.1) is 0 Å². The summed E-state index contributed by atoms with van der Waals surface area (Å²) in [5.74, 6) is 0.964. The molecule has 0 saturated heterocycles. The molecular formula is C18H20N2O4. The van der Waals surface area contributed by atoms with Crippen molar-refractivity contribution in [3.8, 4) is 5.75 Å². The van der Waals surface area contributed by atoms with Gasteiger partial charge in [-0.05, 0) is 43.2 Å². The van der Waals surface area contributed by atoms with E-state index in [1.54, 1.807) is 37.6 Å². The van der Waals surface area contributed by atoms with E-state index in [-0.39, 0.29) is 24.3 Å². The number of hydrogen-bond donors (Lipinski definition) is 2. The molecule has 1 aliphatic rings. The molecule has 2 amide bonds. The average Bonchev–Trinajstić information content (AvgIpc) is 3.24. The molecule has 2 N–H and O–H groups in total. The van der Waals surface area contributed by atoms with E-state index in [1.165, 1.54) is 0 Å². The van der Waals surface area contributed by atoms with Gasteiger partial charge in [0.25, 0.3) is 5.91 Å². The second kappa shape index (κ2) is 7.21. The summed E-state index contributed by atoms with van der Waals surface area (Å²) in [7, 11) is 1.54. The van der Waals surface area contributed by atoms with Crippen LogP contribution in [0.5, 0.6) is 5.75 Å². The first kappa shape index (κ1) is 16.1. The van der Waals surface area contributed by atoms with Crippen LogP contribution in [0.2, 0.25) is 0 Å². The Bertz CT molecular complexity index is 721. The Hall–Kier alpha value is -2.76. The minimum atomic E-state index is -0.197. The number of aryl methyl sites for hydroxylation is 1. The molecule has 6 nitrogen and oxygen atoms in total. The van der Waals surface area contributed by atoms with E-state index in [4.69, 9.17) is 9.15 Å². The average molecular weight is 328 g/mol. The predicted octanol–water partition coefficient (Wildman–Crippen LogP) is 2.75. The third-order valence-corrected chi connectivity index (χ3v) is 3.84. The van der Waals surface area contributed by atoms with Crippen molar-refractivity contribution in [3.05, 3.63) is 47.9 Å². The van der Waals surface area contributed by atoms with Gasteiger partial charge >= 0.3 is 0 Å². The number of carbonyl (C=O) groups excluding carboxylic acids is 2. The van der Waals surface area contributed by atoms with E-state index in [1.807, 2.05) is 6.07 Å². The lowest BCUT2D eigenvalue weighted by Gasteiger charge is -2.12. The van der Waals surface area contributed by atoms with Crippen LogP contribution in [0.25, 0.3) is 0 Å². The van der Waals surface area contributed by atoms with Gasteiger partial charge < -0.3 is 19.8 Å². The second-order valence-corrected chi connectivity index (χ2v) is 5.79. The van der Waals surface area contributed by atoms with E-state index in [9.17, 15) is 9.59 Å². The van der Waals surface area contributed by atoms with Crippen molar-refractivity contribution in [3.63, 3.8) is 0 Å². The zero-order valence-electron chi connectivity index (χ0n) is 13.5. The molecule has 0 bridgehead atoms. The van der Waals surface area contributed by atoms with Crippen LogP contribution in [0.1, 0.15) is 35.4 Å². The van der Waals surface area contributed by atoms with Gasteiger partial charge in [-0.2, -0.15) is 0 Å². The van der Waals surface area contributed by atoms with E-state index in [2.05, 4.69) is 10.6 Å². The number of carbonyl (C=O) groups is 2. The molecule has 0 radical (unpaired) electrons. The van der Waals surface area contributed by atoms with Crippen molar-refractivity contribution in [2.45, 2.75) is 31.7 Å². The fraction of sp³-hybridized carbons (Fsp3) is 0.333. The third kappa shape index (κ3) is 4.16. The Morgan fingerprint density at radius 2 is 2.12 bits per heavy atom. The van der Waals surface area contributed by atoms with Gasteiger partial charge in [-0.1, -0.05) is 0 Å². The van der Waals surface area contributed by atoms with Gasteiger partial charge in [0.1, 0.15) is 11.5 Å². The van der Waals surface area contributed by atoms with Crippen molar-refractivity contribution in [1.29, 1.82) is 0 Å². The van der Waals surface area contributed by atoms with Crippen LogP contribution in [0.4, 0.5) is 5.69 Å². The third-order valence-electron chi connectivity index (χ3n) is 3.84. The highest BCUT2D eigenvalue weighted by Gasteiger charge is 2.25. The SMILES string of the molecule is COc1ccc(NC(=O)CCc2ccco2)c(C(=O)NC2CC2)c1. The summed E-state index contributed by atoms with van der Waals surface area (Å²) in [5.41, 5.74) is 0.894. The van der Waals surface area contributed by atoms with Gasteiger partial charge in [-0.15, -0.1) is 0 Å². The first-order chi connectivity index (χ1) is 11.7. The largest absolute Gasteiger partial charge is 0.497 e. The Morgan fingerprint density at radius 3 is 2.79 bits per heavy atom. The predicted molar refractivity (Wildman–Crippen MR) is 89.1 cm³/mol. The van der Waals surface area contributed by atoms with E-state index < -0.39 is 0 Å². The number of methoxy groups -OCH3 is 1. The van der Waals surface area contributed by atoms with Crippen LogP contribution < -0.4 is 15.4 Å². The van der Waals surface area contributed by atoms with E-state index in [0.717, 1.165) is 18.6 Å². The fourth-order valence-electron chi connectivity index (χ4n) is 2.34. The monoisotopic (exact) mass is 328 g/mol. The molecule has 3 rings (SSSR count). The molecule has 0 aliphatic heterocycles. The first-order valence-corrected chi connectivity index (χ1v) is 7.97. The molecule has 1 aromatic carbocycles. The molecule has 126 valence electrons. The summed E-state index contributed by atoms with van der Waals surface area (Å²) in [6.45, 7) is 0. The molecule has 1 saturated carbocycles. The van der Waals surface area contributed by atoms with Gasteiger partial charge in [0, 0.05) is 18.9 Å². The highest BCUT2D eigenvalue weighted by molar-refractivity contribution is 6.04. The van der Waals surface area contributed by atoms with Crippen molar-refractivity contribution < 1.29 is 18.7 Å². The fourth-order valence-corrected chi connectivity index (χ4v) is 2.34. The van der Waals surface area contributed by atoms with Gasteiger partial charge in [-0.3, -0.25) is 9.59 Å². The minimum absolute atomic E-state index is 0.169. The summed E-state index contributed by atoms with van der Waals surface area (Å²) in [6.07, 6.45) is 4.37. The maximum absolute atomic E-state index is 12.4. The first-order valence-electron chi connectivity index (χ1n) is 7.97. The number of furan rings is 1. The number of anilines is 1. The molecule has 1 heterocycles. The number of benzene rings is 1. The molecule has 6 heteroatoms. The zero-order valence-corrected chi connectivity index (χ0v) is 13.5. The number of ether oxygens (including phenoxy) is 1. The van der Waals surface area contributed by atoms with Crippen LogP contribution >= 0.6 is 0 Å². The Kier molecular flexibility index (Phi) is 4.84. The Labute approximate surface area is 140 Å². The van der Waals surface area contributed by atoms with Crippen LogP contribution in [-0.2, 0) is 11.2 Å². The number of nitrogens with one attached hydrogen (secondary N) is 2. The van der Waals surface area contributed by atoms with Crippen molar-refractivity contribution in [1.82, 2.24) is 5.32 Å². The lowest BCUT2D eigenvalue weighted by atomic mass is 10.1. The van der Waals surface area contributed by atoms with Crippen molar-refractivity contribution in [2.24, 2.45) is 0 Å². The maximum atomic E-state index is 12.4. The van der Waals surface area contributed by atoms with Gasteiger partial charge in [0.15, 0.2) is 0 Å².